The third kappa shape index (κ3) is 7.58. The fraction of sp³-hybridized carbons (Fsp3) is 0.562. The highest BCUT2D eigenvalue weighted by molar-refractivity contribution is 5.92. The molecule has 5 rings (SSSR count). The molecule has 1 aromatic heterocycles. The second-order valence-corrected chi connectivity index (χ2v) is 11.9. The molecule has 2 aliphatic heterocycles. The molecular formula is C32H47N7O2. The van der Waals surface area contributed by atoms with Crippen LogP contribution in [0.25, 0.3) is 10.9 Å². The van der Waals surface area contributed by atoms with Crippen LogP contribution in [0.3, 0.4) is 0 Å². The van der Waals surface area contributed by atoms with Crippen molar-refractivity contribution in [2.75, 3.05) is 71.2 Å². The SMILES string of the molecule is COc1cc2c(NC3CCN(C(C)C)CC3)nc(NCCN(C)C)nc2cc1OCCCN1Cc2ccccc2C1. The van der Waals surface area contributed by atoms with Crippen LogP contribution < -0.4 is 20.1 Å². The third-order valence-electron chi connectivity index (χ3n) is 8.21. The number of piperidine rings is 1. The summed E-state index contributed by atoms with van der Waals surface area (Å²) in [4.78, 5) is 17.0. The lowest BCUT2D eigenvalue weighted by molar-refractivity contribution is 0.177. The number of hydrogen-bond donors (Lipinski definition) is 2. The van der Waals surface area contributed by atoms with E-state index in [9.17, 15) is 0 Å². The van der Waals surface area contributed by atoms with E-state index in [2.05, 4.69) is 77.5 Å². The van der Waals surface area contributed by atoms with Crippen LogP contribution in [0.2, 0.25) is 0 Å². The van der Waals surface area contributed by atoms with Crippen LogP contribution >= 0.6 is 0 Å². The van der Waals surface area contributed by atoms with Crippen LogP contribution in [-0.2, 0) is 13.1 Å². The summed E-state index contributed by atoms with van der Waals surface area (Å²) in [5.74, 6) is 2.91. The maximum atomic E-state index is 6.28. The van der Waals surface area contributed by atoms with E-state index in [1.54, 1.807) is 7.11 Å². The lowest BCUT2D eigenvalue weighted by Crippen LogP contribution is -2.42. The van der Waals surface area contributed by atoms with Gasteiger partial charge in [-0.25, -0.2) is 4.98 Å². The summed E-state index contributed by atoms with van der Waals surface area (Å²) < 4.78 is 12.1. The molecule has 2 aromatic carbocycles. The van der Waals surface area contributed by atoms with Crippen molar-refractivity contribution in [2.24, 2.45) is 0 Å². The van der Waals surface area contributed by atoms with Crippen molar-refractivity contribution in [2.45, 2.75) is 58.3 Å². The van der Waals surface area contributed by atoms with Gasteiger partial charge < -0.3 is 29.9 Å². The molecule has 3 aromatic rings. The number of nitrogens with one attached hydrogen (secondary N) is 2. The molecule has 2 N–H and O–H groups in total. The van der Waals surface area contributed by atoms with Gasteiger partial charge in [-0.15, -0.1) is 0 Å². The van der Waals surface area contributed by atoms with Crippen molar-refractivity contribution in [3.8, 4) is 11.5 Å². The lowest BCUT2D eigenvalue weighted by Gasteiger charge is -2.35. The topological polar surface area (TPSA) is 78.0 Å². The summed E-state index contributed by atoms with van der Waals surface area (Å²) in [5, 5.41) is 8.12. The van der Waals surface area contributed by atoms with Crippen molar-refractivity contribution in [1.29, 1.82) is 0 Å². The largest absolute Gasteiger partial charge is 0.493 e. The highest BCUT2D eigenvalue weighted by Gasteiger charge is 2.23. The Bertz CT molecular complexity index is 1270. The molecule has 41 heavy (non-hydrogen) atoms. The van der Waals surface area contributed by atoms with Gasteiger partial charge in [0.25, 0.3) is 0 Å². The number of fused-ring (bicyclic) bond motifs is 2. The molecule has 222 valence electrons. The Labute approximate surface area is 245 Å². The monoisotopic (exact) mass is 561 g/mol. The number of aromatic nitrogens is 2. The standard InChI is InChI=1S/C32H47N7O2/c1-23(2)39-15-11-26(12-16-39)34-31-27-19-29(40-5)30(20-28(27)35-32(36-31)33-13-17-37(3)4)41-18-8-14-38-21-24-9-6-7-10-25(24)22-38/h6-7,9-10,19-20,23,26H,8,11-18,21-22H2,1-5H3,(H2,33,34,35,36). The summed E-state index contributed by atoms with van der Waals surface area (Å²) in [6, 6.07) is 13.7. The minimum absolute atomic E-state index is 0.372. The molecule has 0 bridgehead atoms. The zero-order valence-corrected chi connectivity index (χ0v) is 25.4. The molecule has 0 saturated carbocycles. The van der Waals surface area contributed by atoms with Crippen LogP contribution in [0.4, 0.5) is 11.8 Å². The Balaban J connectivity index is 1.29. The van der Waals surface area contributed by atoms with Gasteiger partial charge in [0.1, 0.15) is 5.82 Å². The van der Waals surface area contributed by atoms with Gasteiger partial charge in [0, 0.05) is 69.3 Å². The molecule has 0 unspecified atom stereocenters. The molecule has 0 radical (unpaired) electrons. The van der Waals surface area contributed by atoms with Gasteiger partial charge in [0.2, 0.25) is 5.95 Å². The van der Waals surface area contributed by atoms with E-state index in [-0.39, 0.29) is 0 Å². The van der Waals surface area contributed by atoms with Gasteiger partial charge in [-0.3, -0.25) is 4.90 Å². The minimum atomic E-state index is 0.372. The molecule has 9 nitrogen and oxygen atoms in total. The Morgan fingerprint density at radius 1 is 1.02 bits per heavy atom. The van der Waals surface area contributed by atoms with Gasteiger partial charge in [-0.1, -0.05) is 24.3 Å². The lowest BCUT2D eigenvalue weighted by atomic mass is 10.0. The van der Waals surface area contributed by atoms with E-state index in [0.717, 1.165) is 87.5 Å². The fourth-order valence-corrected chi connectivity index (χ4v) is 5.77. The van der Waals surface area contributed by atoms with E-state index in [1.807, 2.05) is 12.1 Å². The number of methoxy groups -OCH3 is 1. The van der Waals surface area contributed by atoms with Crippen LogP contribution in [0.15, 0.2) is 36.4 Å². The van der Waals surface area contributed by atoms with E-state index in [1.165, 1.54) is 11.1 Å². The number of likely N-dealkylation sites (tertiary alicyclic amines) is 1. The predicted octanol–water partition coefficient (Wildman–Crippen LogP) is 4.68. The first-order valence-electron chi connectivity index (χ1n) is 15.1. The van der Waals surface area contributed by atoms with Crippen LogP contribution in [-0.4, -0.2) is 97.3 Å². The second-order valence-electron chi connectivity index (χ2n) is 11.9. The van der Waals surface area contributed by atoms with Crippen LogP contribution in [0.5, 0.6) is 11.5 Å². The quantitative estimate of drug-likeness (QED) is 0.289. The number of nitrogens with zero attached hydrogens (tertiary/aromatic N) is 5. The molecule has 3 heterocycles. The average molecular weight is 562 g/mol. The first-order valence-corrected chi connectivity index (χ1v) is 15.1. The molecule has 0 atom stereocenters. The van der Waals surface area contributed by atoms with E-state index in [0.29, 0.717) is 30.4 Å². The number of ether oxygens (including phenoxy) is 2. The summed E-state index contributed by atoms with van der Waals surface area (Å²) in [7, 11) is 5.83. The number of rotatable bonds is 13. The average Bonchev–Trinajstić information content (AvgIpc) is 3.38. The second kappa shape index (κ2) is 13.7. The van der Waals surface area contributed by atoms with E-state index in [4.69, 9.17) is 19.4 Å². The maximum absolute atomic E-state index is 6.28. The van der Waals surface area contributed by atoms with Crippen molar-refractivity contribution >= 4 is 22.7 Å². The Morgan fingerprint density at radius 2 is 1.76 bits per heavy atom. The summed E-state index contributed by atoms with van der Waals surface area (Å²) in [6.07, 6.45) is 3.12. The van der Waals surface area contributed by atoms with Gasteiger partial charge in [0.15, 0.2) is 11.5 Å². The van der Waals surface area contributed by atoms with Crippen molar-refractivity contribution in [1.82, 2.24) is 24.7 Å². The van der Waals surface area contributed by atoms with Crippen molar-refractivity contribution in [3.63, 3.8) is 0 Å². The smallest absolute Gasteiger partial charge is 0.225 e. The maximum Gasteiger partial charge on any atom is 0.225 e. The molecule has 2 aliphatic rings. The summed E-state index contributed by atoms with van der Waals surface area (Å²) >= 11 is 0. The Hall–Kier alpha value is -3.14. The number of likely N-dealkylation sites (N-methyl/N-ethyl adjacent to an activating group) is 1. The third-order valence-corrected chi connectivity index (χ3v) is 8.21. The Morgan fingerprint density at radius 3 is 2.41 bits per heavy atom. The van der Waals surface area contributed by atoms with Crippen molar-refractivity contribution < 1.29 is 9.47 Å². The summed E-state index contributed by atoms with van der Waals surface area (Å²) in [6.45, 7) is 12.0. The van der Waals surface area contributed by atoms with Gasteiger partial charge in [0.05, 0.1) is 19.2 Å². The molecule has 0 aliphatic carbocycles. The molecule has 9 heteroatoms. The number of benzene rings is 2. The van der Waals surface area contributed by atoms with Gasteiger partial charge in [-0.2, -0.15) is 4.98 Å². The van der Waals surface area contributed by atoms with Crippen LogP contribution in [0, 0.1) is 0 Å². The highest BCUT2D eigenvalue weighted by Crippen LogP contribution is 2.36. The summed E-state index contributed by atoms with van der Waals surface area (Å²) in [5.41, 5.74) is 3.73. The molecular weight excluding hydrogens is 514 g/mol. The molecule has 0 spiro atoms. The predicted molar refractivity (Wildman–Crippen MR) is 167 cm³/mol. The Kier molecular flexibility index (Phi) is 9.80. The zero-order valence-electron chi connectivity index (χ0n) is 25.4. The first-order chi connectivity index (χ1) is 19.9. The first kappa shape index (κ1) is 29.4. The zero-order chi connectivity index (χ0) is 28.8. The molecule has 0 amide bonds. The molecule has 1 saturated heterocycles. The molecule has 1 fully saturated rings. The van der Waals surface area contributed by atoms with Gasteiger partial charge >= 0.3 is 0 Å². The van der Waals surface area contributed by atoms with E-state index < -0.39 is 0 Å². The fourth-order valence-electron chi connectivity index (χ4n) is 5.77. The van der Waals surface area contributed by atoms with Crippen LogP contribution in [0.1, 0.15) is 44.2 Å². The van der Waals surface area contributed by atoms with E-state index >= 15 is 0 Å². The normalized spacial score (nSPS) is 16.5. The number of hydrogen-bond acceptors (Lipinski definition) is 9. The highest BCUT2D eigenvalue weighted by atomic mass is 16.5. The number of anilines is 2. The minimum Gasteiger partial charge on any atom is -0.493 e. The van der Waals surface area contributed by atoms with Crippen molar-refractivity contribution in [3.05, 3.63) is 47.5 Å². The van der Waals surface area contributed by atoms with Gasteiger partial charge in [-0.05, 0) is 64.4 Å².